The second-order valence-corrected chi connectivity index (χ2v) is 5.90. The molecule has 0 radical (unpaired) electrons. The Balaban J connectivity index is 2.24. The lowest BCUT2D eigenvalue weighted by atomic mass is 9.98. The molecule has 2 rings (SSSR count). The first-order valence-corrected chi connectivity index (χ1v) is 8.56. The van der Waals surface area contributed by atoms with Gasteiger partial charge in [-0.05, 0) is 36.6 Å². The van der Waals surface area contributed by atoms with Gasteiger partial charge >= 0.3 is 0 Å². The predicted octanol–water partition coefficient (Wildman–Crippen LogP) is 3.35. The minimum atomic E-state index is -0.466. The van der Waals surface area contributed by atoms with Gasteiger partial charge in [-0.2, -0.15) is 11.8 Å². The van der Waals surface area contributed by atoms with E-state index in [0.717, 1.165) is 16.9 Å². The van der Waals surface area contributed by atoms with Crippen LogP contribution in [0.2, 0.25) is 0 Å². The third-order valence-corrected chi connectivity index (χ3v) is 3.92. The SMILES string of the molecule is CSCC[C@H](N)C(=O)c1ccccc1C#Cc1ccccc1. The highest BCUT2D eigenvalue weighted by atomic mass is 32.2. The fourth-order valence-electron chi connectivity index (χ4n) is 2.04. The number of thioether (sulfide) groups is 1. The predicted molar refractivity (Wildman–Crippen MR) is 94.2 cm³/mol. The molecule has 2 N–H and O–H groups in total. The van der Waals surface area contributed by atoms with E-state index in [-0.39, 0.29) is 5.78 Å². The molecule has 0 heterocycles. The van der Waals surface area contributed by atoms with Gasteiger partial charge in [-0.15, -0.1) is 0 Å². The van der Waals surface area contributed by atoms with Crippen LogP contribution in [-0.2, 0) is 0 Å². The van der Waals surface area contributed by atoms with Crippen molar-refractivity contribution in [1.82, 2.24) is 0 Å². The van der Waals surface area contributed by atoms with Crippen molar-refractivity contribution in [3.63, 3.8) is 0 Å². The fraction of sp³-hybridized carbons (Fsp3) is 0.211. The highest BCUT2D eigenvalue weighted by Gasteiger charge is 2.17. The van der Waals surface area contributed by atoms with Crippen LogP contribution in [0.3, 0.4) is 0 Å². The molecule has 112 valence electrons. The summed E-state index contributed by atoms with van der Waals surface area (Å²) in [6.07, 6.45) is 2.69. The van der Waals surface area contributed by atoms with Gasteiger partial charge < -0.3 is 5.73 Å². The molecule has 1 atom stereocenters. The summed E-state index contributed by atoms with van der Waals surface area (Å²) in [6.45, 7) is 0. The Hall–Kier alpha value is -2.02. The molecule has 0 aliphatic rings. The Morgan fingerprint density at radius 1 is 1.09 bits per heavy atom. The first-order chi connectivity index (χ1) is 10.7. The third kappa shape index (κ3) is 4.49. The molecule has 22 heavy (non-hydrogen) atoms. The number of carbonyl (C=O) groups is 1. The number of hydrogen-bond donors (Lipinski definition) is 1. The number of Topliss-reactive ketones (excluding diaryl/α,β-unsaturated/α-hetero) is 1. The van der Waals surface area contributed by atoms with Gasteiger partial charge in [0.1, 0.15) is 0 Å². The minimum absolute atomic E-state index is 0.0352. The molecule has 0 aliphatic carbocycles. The third-order valence-electron chi connectivity index (χ3n) is 3.28. The summed E-state index contributed by atoms with van der Waals surface area (Å²) in [5.74, 6) is 7.03. The van der Waals surface area contributed by atoms with Gasteiger partial charge in [-0.1, -0.05) is 48.2 Å². The zero-order chi connectivity index (χ0) is 15.8. The summed E-state index contributed by atoms with van der Waals surface area (Å²) < 4.78 is 0. The maximum Gasteiger partial charge on any atom is 0.180 e. The first-order valence-electron chi connectivity index (χ1n) is 7.17. The number of nitrogens with two attached hydrogens (primary N) is 1. The molecule has 0 fully saturated rings. The summed E-state index contributed by atoms with van der Waals surface area (Å²) in [7, 11) is 0. The normalized spacial score (nSPS) is 11.4. The number of hydrogen-bond acceptors (Lipinski definition) is 3. The maximum atomic E-state index is 12.5. The highest BCUT2D eigenvalue weighted by Crippen LogP contribution is 2.12. The summed E-state index contributed by atoms with van der Waals surface area (Å²) in [5.41, 5.74) is 8.27. The van der Waals surface area contributed by atoms with Crippen molar-refractivity contribution >= 4 is 17.5 Å². The van der Waals surface area contributed by atoms with Gasteiger partial charge in [0.05, 0.1) is 6.04 Å². The smallest absolute Gasteiger partial charge is 0.180 e. The zero-order valence-corrected chi connectivity index (χ0v) is 13.4. The number of rotatable bonds is 5. The first kappa shape index (κ1) is 16.4. The quantitative estimate of drug-likeness (QED) is 0.680. The highest BCUT2D eigenvalue weighted by molar-refractivity contribution is 7.98. The Morgan fingerprint density at radius 2 is 1.77 bits per heavy atom. The Morgan fingerprint density at radius 3 is 2.50 bits per heavy atom. The molecule has 0 saturated heterocycles. The van der Waals surface area contributed by atoms with Gasteiger partial charge in [-0.25, -0.2) is 0 Å². The molecule has 2 nitrogen and oxygen atoms in total. The van der Waals surface area contributed by atoms with Crippen LogP contribution in [0.25, 0.3) is 0 Å². The van der Waals surface area contributed by atoms with Gasteiger partial charge in [0.15, 0.2) is 5.78 Å². The van der Waals surface area contributed by atoms with Crippen molar-refractivity contribution in [2.45, 2.75) is 12.5 Å². The van der Waals surface area contributed by atoms with E-state index in [1.165, 1.54) is 0 Å². The zero-order valence-electron chi connectivity index (χ0n) is 12.6. The van der Waals surface area contributed by atoms with Crippen LogP contribution < -0.4 is 5.73 Å². The van der Waals surface area contributed by atoms with Crippen LogP contribution >= 0.6 is 11.8 Å². The van der Waals surface area contributed by atoms with E-state index >= 15 is 0 Å². The average Bonchev–Trinajstić information content (AvgIpc) is 2.58. The lowest BCUT2D eigenvalue weighted by Gasteiger charge is -2.11. The topological polar surface area (TPSA) is 43.1 Å². The van der Waals surface area contributed by atoms with E-state index in [4.69, 9.17) is 5.73 Å². The number of benzene rings is 2. The summed E-state index contributed by atoms with van der Waals surface area (Å²) in [4.78, 5) is 12.5. The lowest BCUT2D eigenvalue weighted by Crippen LogP contribution is -2.31. The van der Waals surface area contributed by atoms with Crippen molar-refractivity contribution in [3.8, 4) is 11.8 Å². The van der Waals surface area contributed by atoms with Crippen LogP contribution in [0, 0.1) is 11.8 Å². The second-order valence-electron chi connectivity index (χ2n) is 4.91. The molecule has 0 bridgehead atoms. The number of ketones is 1. The van der Waals surface area contributed by atoms with Crippen molar-refractivity contribution in [2.24, 2.45) is 5.73 Å². The maximum absolute atomic E-state index is 12.5. The Bertz CT molecular complexity index is 685. The van der Waals surface area contributed by atoms with Gasteiger partial charge in [0.2, 0.25) is 0 Å². The number of carbonyl (C=O) groups excluding carboxylic acids is 1. The monoisotopic (exact) mass is 309 g/mol. The summed E-state index contributed by atoms with van der Waals surface area (Å²) in [6, 6.07) is 16.7. The van der Waals surface area contributed by atoms with Crippen molar-refractivity contribution in [2.75, 3.05) is 12.0 Å². The molecular formula is C19H19NOS. The fourth-order valence-corrected chi connectivity index (χ4v) is 2.53. The second kappa shape index (κ2) is 8.43. The van der Waals surface area contributed by atoms with Crippen LogP contribution in [-0.4, -0.2) is 23.8 Å². The van der Waals surface area contributed by atoms with E-state index in [1.807, 2.05) is 54.8 Å². The summed E-state index contributed by atoms with van der Waals surface area (Å²) >= 11 is 1.69. The van der Waals surface area contributed by atoms with E-state index in [2.05, 4.69) is 11.8 Å². The molecule has 0 aliphatic heterocycles. The van der Waals surface area contributed by atoms with Crippen molar-refractivity contribution < 1.29 is 4.79 Å². The van der Waals surface area contributed by atoms with Crippen LogP contribution in [0.15, 0.2) is 54.6 Å². The Labute approximate surface area is 136 Å². The van der Waals surface area contributed by atoms with E-state index in [9.17, 15) is 4.79 Å². The summed E-state index contributed by atoms with van der Waals surface area (Å²) in [5, 5.41) is 0. The molecule has 2 aromatic carbocycles. The Kier molecular flexibility index (Phi) is 6.27. The minimum Gasteiger partial charge on any atom is -0.321 e. The average molecular weight is 309 g/mol. The van der Waals surface area contributed by atoms with Crippen molar-refractivity contribution in [1.29, 1.82) is 0 Å². The van der Waals surface area contributed by atoms with Crippen LogP contribution in [0.1, 0.15) is 27.9 Å². The molecule has 0 aromatic heterocycles. The molecule has 0 amide bonds. The van der Waals surface area contributed by atoms with Gasteiger partial charge in [0, 0.05) is 16.7 Å². The van der Waals surface area contributed by atoms with Crippen molar-refractivity contribution in [3.05, 3.63) is 71.3 Å². The van der Waals surface area contributed by atoms with E-state index in [1.54, 1.807) is 17.8 Å². The largest absolute Gasteiger partial charge is 0.321 e. The van der Waals surface area contributed by atoms with E-state index < -0.39 is 6.04 Å². The molecule has 3 heteroatoms. The standard InChI is InChI=1S/C19H19NOS/c1-22-14-13-18(20)19(21)17-10-6-5-9-16(17)12-11-15-7-3-2-4-8-15/h2-10,18H,13-14,20H2,1H3/t18-/m0/s1. The molecule has 2 aromatic rings. The van der Waals surface area contributed by atoms with Gasteiger partial charge in [-0.3, -0.25) is 4.79 Å². The molecule has 0 saturated carbocycles. The van der Waals surface area contributed by atoms with E-state index in [0.29, 0.717) is 12.0 Å². The molecular weight excluding hydrogens is 290 g/mol. The molecule has 0 spiro atoms. The van der Waals surface area contributed by atoms with Crippen LogP contribution in [0.5, 0.6) is 0 Å². The van der Waals surface area contributed by atoms with Gasteiger partial charge in [0.25, 0.3) is 0 Å². The van der Waals surface area contributed by atoms with Crippen LogP contribution in [0.4, 0.5) is 0 Å². The molecule has 0 unspecified atom stereocenters. The lowest BCUT2D eigenvalue weighted by molar-refractivity contribution is 0.0959.